The van der Waals surface area contributed by atoms with E-state index in [1.165, 1.54) is 42.3 Å². The van der Waals surface area contributed by atoms with Crippen molar-refractivity contribution in [1.29, 1.82) is 0 Å². The monoisotopic (exact) mass is 321 g/mol. The molecule has 0 heterocycles. The van der Waals surface area contributed by atoms with Gasteiger partial charge in [0.1, 0.15) is 0 Å². The molecule has 2 saturated carbocycles. The second-order valence-corrected chi connectivity index (χ2v) is 7.64. The highest BCUT2D eigenvalue weighted by atomic mass is 79.9. The van der Waals surface area contributed by atoms with Crippen LogP contribution >= 0.6 is 15.9 Å². The van der Waals surface area contributed by atoms with Gasteiger partial charge in [0.05, 0.1) is 0 Å². The lowest BCUT2D eigenvalue weighted by molar-refractivity contribution is 0.247. The van der Waals surface area contributed by atoms with Gasteiger partial charge in [0.15, 0.2) is 0 Å². The fourth-order valence-corrected chi connectivity index (χ4v) is 3.92. The van der Waals surface area contributed by atoms with E-state index in [0.29, 0.717) is 5.41 Å². The van der Waals surface area contributed by atoms with E-state index in [4.69, 9.17) is 0 Å². The molecule has 19 heavy (non-hydrogen) atoms. The first-order valence-corrected chi connectivity index (χ1v) is 8.38. The third-order valence-electron chi connectivity index (χ3n) is 5.34. The molecule has 1 nitrogen and oxygen atoms in total. The maximum Gasteiger partial charge on any atom is 0.0210 e. The Hall–Kier alpha value is -0.340. The number of hydrogen-bond acceptors (Lipinski definition) is 1. The number of halogens is 1. The van der Waals surface area contributed by atoms with Gasteiger partial charge in [-0.05, 0) is 54.6 Å². The molecule has 2 heteroatoms. The molecule has 0 radical (unpaired) electrons. The van der Waals surface area contributed by atoms with Crippen LogP contribution < -0.4 is 5.32 Å². The van der Waals surface area contributed by atoms with Crippen molar-refractivity contribution >= 4 is 15.9 Å². The van der Waals surface area contributed by atoms with Crippen LogP contribution in [0.3, 0.4) is 0 Å². The Bertz CT molecular complexity index is 444. The molecule has 0 saturated heterocycles. The molecule has 104 valence electrons. The summed E-state index contributed by atoms with van der Waals surface area (Å²) >= 11 is 3.67. The summed E-state index contributed by atoms with van der Waals surface area (Å²) in [5, 5.41) is 3.81. The van der Waals surface area contributed by atoms with Gasteiger partial charge in [-0.1, -0.05) is 48.0 Å². The van der Waals surface area contributed by atoms with E-state index in [1.807, 2.05) is 0 Å². The summed E-state index contributed by atoms with van der Waals surface area (Å²) in [5.41, 5.74) is 2.13. The summed E-state index contributed by atoms with van der Waals surface area (Å²) in [6.07, 6.45) is 5.46. The van der Waals surface area contributed by atoms with Gasteiger partial charge in [-0.25, -0.2) is 0 Å². The predicted octanol–water partition coefficient (Wildman–Crippen LogP) is 4.72. The number of rotatable bonds is 5. The summed E-state index contributed by atoms with van der Waals surface area (Å²) in [6, 6.07) is 9.42. The first kappa shape index (κ1) is 13.6. The Balaban J connectivity index is 1.47. The van der Waals surface area contributed by atoms with Gasteiger partial charge in [0, 0.05) is 17.1 Å². The Labute approximate surface area is 125 Å². The molecule has 0 bridgehead atoms. The second kappa shape index (κ2) is 5.21. The molecule has 0 unspecified atom stereocenters. The van der Waals surface area contributed by atoms with Crippen LogP contribution in [-0.4, -0.2) is 12.6 Å². The topological polar surface area (TPSA) is 12.0 Å². The van der Waals surface area contributed by atoms with Crippen molar-refractivity contribution in [2.45, 2.75) is 51.5 Å². The van der Waals surface area contributed by atoms with Gasteiger partial charge in [-0.3, -0.25) is 0 Å². The fraction of sp³-hybridized carbons (Fsp3) is 0.647. The zero-order valence-electron chi connectivity index (χ0n) is 12.0. The van der Waals surface area contributed by atoms with Crippen LogP contribution in [0, 0.1) is 11.3 Å². The van der Waals surface area contributed by atoms with Crippen LogP contribution in [0.5, 0.6) is 0 Å². The standard InChI is InChI=1S/C17H24BrN/c1-12(2)17(7-8-17)11-19-14-9-13(10-14)15-5-3-4-6-16(15)18/h3-6,12-14,19H,7-11H2,1-2H3. The third kappa shape index (κ3) is 2.75. The Kier molecular flexibility index (Phi) is 3.74. The van der Waals surface area contributed by atoms with Gasteiger partial charge >= 0.3 is 0 Å². The highest BCUT2D eigenvalue weighted by molar-refractivity contribution is 9.10. The number of nitrogens with one attached hydrogen (secondary N) is 1. The Morgan fingerprint density at radius 1 is 1.26 bits per heavy atom. The summed E-state index contributed by atoms with van der Waals surface area (Å²) in [4.78, 5) is 0. The van der Waals surface area contributed by atoms with Crippen LogP contribution in [0.2, 0.25) is 0 Å². The van der Waals surface area contributed by atoms with Crippen LogP contribution in [0.15, 0.2) is 28.7 Å². The van der Waals surface area contributed by atoms with Crippen LogP contribution in [0.1, 0.15) is 51.0 Å². The maximum absolute atomic E-state index is 3.81. The lowest BCUT2D eigenvalue weighted by atomic mass is 9.75. The van der Waals surface area contributed by atoms with Gasteiger partial charge in [-0.15, -0.1) is 0 Å². The first-order chi connectivity index (χ1) is 9.11. The van der Waals surface area contributed by atoms with Crippen LogP contribution in [0.25, 0.3) is 0 Å². The van der Waals surface area contributed by atoms with Gasteiger partial charge in [-0.2, -0.15) is 0 Å². The normalized spacial score (nSPS) is 28.2. The van der Waals surface area contributed by atoms with E-state index >= 15 is 0 Å². The zero-order chi connectivity index (χ0) is 13.5. The minimum absolute atomic E-state index is 0.637. The van der Waals surface area contributed by atoms with E-state index in [-0.39, 0.29) is 0 Å². The van der Waals surface area contributed by atoms with E-state index < -0.39 is 0 Å². The average Bonchev–Trinajstić information content (AvgIpc) is 3.10. The van der Waals surface area contributed by atoms with E-state index in [1.54, 1.807) is 0 Å². The summed E-state index contributed by atoms with van der Waals surface area (Å²) in [6.45, 7) is 5.98. The number of hydrogen-bond donors (Lipinski definition) is 1. The van der Waals surface area contributed by atoms with Crippen molar-refractivity contribution < 1.29 is 0 Å². The zero-order valence-corrected chi connectivity index (χ0v) is 13.5. The molecule has 2 aliphatic rings. The lowest BCUT2D eigenvalue weighted by Gasteiger charge is -2.38. The van der Waals surface area contributed by atoms with Crippen LogP contribution in [0.4, 0.5) is 0 Å². The average molecular weight is 322 g/mol. The molecule has 1 aromatic rings. The molecule has 2 aliphatic carbocycles. The molecule has 3 rings (SSSR count). The summed E-state index contributed by atoms with van der Waals surface area (Å²) in [7, 11) is 0. The predicted molar refractivity (Wildman–Crippen MR) is 84.4 cm³/mol. The molecule has 0 spiro atoms. The largest absolute Gasteiger partial charge is 0.313 e. The Morgan fingerprint density at radius 3 is 2.53 bits per heavy atom. The van der Waals surface area contributed by atoms with Crippen molar-refractivity contribution in [2.75, 3.05) is 6.54 Å². The molecule has 0 amide bonds. The SMILES string of the molecule is CC(C)C1(CNC2CC(c3ccccc3Br)C2)CC1. The molecular weight excluding hydrogens is 298 g/mol. The molecule has 0 aliphatic heterocycles. The minimum Gasteiger partial charge on any atom is -0.313 e. The molecule has 2 fully saturated rings. The summed E-state index contributed by atoms with van der Waals surface area (Å²) in [5.74, 6) is 1.58. The van der Waals surface area contributed by atoms with E-state index in [9.17, 15) is 0 Å². The highest BCUT2D eigenvalue weighted by Crippen LogP contribution is 2.51. The lowest BCUT2D eigenvalue weighted by Crippen LogP contribution is -2.43. The van der Waals surface area contributed by atoms with Crippen molar-refractivity contribution in [1.82, 2.24) is 5.32 Å². The first-order valence-electron chi connectivity index (χ1n) is 7.58. The minimum atomic E-state index is 0.637. The Morgan fingerprint density at radius 2 is 1.95 bits per heavy atom. The van der Waals surface area contributed by atoms with Crippen molar-refractivity contribution in [3.8, 4) is 0 Å². The van der Waals surface area contributed by atoms with Crippen LogP contribution in [-0.2, 0) is 0 Å². The quantitative estimate of drug-likeness (QED) is 0.827. The smallest absolute Gasteiger partial charge is 0.0210 e. The second-order valence-electron chi connectivity index (χ2n) is 6.78. The number of benzene rings is 1. The third-order valence-corrected chi connectivity index (χ3v) is 6.07. The van der Waals surface area contributed by atoms with Gasteiger partial charge in [0.2, 0.25) is 0 Å². The van der Waals surface area contributed by atoms with E-state index in [2.05, 4.69) is 59.4 Å². The van der Waals surface area contributed by atoms with E-state index in [0.717, 1.165) is 17.9 Å². The molecule has 0 atom stereocenters. The van der Waals surface area contributed by atoms with Crippen molar-refractivity contribution in [3.63, 3.8) is 0 Å². The highest BCUT2D eigenvalue weighted by Gasteiger charge is 2.45. The molecular formula is C17H24BrN. The van der Waals surface area contributed by atoms with Gasteiger partial charge < -0.3 is 5.32 Å². The maximum atomic E-state index is 3.81. The molecule has 1 aromatic carbocycles. The van der Waals surface area contributed by atoms with Crippen molar-refractivity contribution in [2.24, 2.45) is 11.3 Å². The fourth-order valence-electron chi connectivity index (χ4n) is 3.31. The van der Waals surface area contributed by atoms with Gasteiger partial charge in [0.25, 0.3) is 0 Å². The molecule has 1 N–H and O–H groups in total. The molecule has 0 aromatic heterocycles. The summed E-state index contributed by atoms with van der Waals surface area (Å²) < 4.78 is 1.28. The van der Waals surface area contributed by atoms with Crippen molar-refractivity contribution in [3.05, 3.63) is 34.3 Å².